The minimum absolute atomic E-state index is 0.141. The van der Waals surface area contributed by atoms with Crippen LogP contribution in [0.5, 0.6) is 0 Å². The van der Waals surface area contributed by atoms with Gasteiger partial charge in [-0.2, -0.15) is 5.10 Å². The summed E-state index contributed by atoms with van der Waals surface area (Å²) >= 11 is 0. The van der Waals surface area contributed by atoms with Gasteiger partial charge in [0.05, 0.1) is 17.3 Å². The van der Waals surface area contributed by atoms with Gasteiger partial charge in [0.1, 0.15) is 12.2 Å². The molecule has 0 amide bonds. The lowest BCUT2D eigenvalue weighted by Crippen LogP contribution is -2.25. The Hall–Kier alpha value is -2.27. The van der Waals surface area contributed by atoms with Crippen molar-refractivity contribution in [2.45, 2.75) is 19.4 Å². The van der Waals surface area contributed by atoms with Crippen LogP contribution >= 0.6 is 0 Å². The molecule has 1 N–H and O–H groups in total. The number of benzene rings is 1. The van der Waals surface area contributed by atoms with Gasteiger partial charge in [-0.15, -0.1) is 0 Å². The van der Waals surface area contributed by atoms with Crippen LogP contribution in [-0.2, 0) is 13.5 Å². The predicted octanol–water partition coefficient (Wildman–Crippen LogP) is 2.26. The molecule has 0 aliphatic rings. The highest BCUT2D eigenvalue weighted by molar-refractivity contribution is 5.78. The van der Waals surface area contributed by atoms with Crippen LogP contribution in [0.2, 0.25) is 0 Å². The van der Waals surface area contributed by atoms with E-state index < -0.39 is 0 Å². The molecule has 0 saturated heterocycles. The second-order valence-electron chi connectivity index (χ2n) is 5.04. The van der Waals surface area contributed by atoms with Gasteiger partial charge in [-0.05, 0) is 18.7 Å². The molecular formula is C16H19N5. The van der Waals surface area contributed by atoms with Gasteiger partial charge >= 0.3 is 0 Å². The molecule has 3 aromatic rings. The van der Waals surface area contributed by atoms with Gasteiger partial charge < -0.3 is 5.32 Å². The van der Waals surface area contributed by atoms with Gasteiger partial charge in [-0.25, -0.2) is 4.98 Å². The minimum Gasteiger partial charge on any atom is -0.309 e. The van der Waals surface area contributed by atoms with E-state index in [2.05, 4.69) is 40.5 Å². The van der Waals surface area contributed by atoms with E-state index in [1.807, 2.05) is 29.9 Å². The number of nitrogens with one attached hydrogen (secondary N) is 1. The number of likely N-dealkylation sites (N-methyl/N-ethyl adjacent to an activating group) is 1. The molecule has 0 aliphatic heterocycles. The van der Waals surface area contributed by atoms with Crippen LogP contribution in [0.25, 0.3) is 10.9 Å². The van der Waals surface area contributed by atoms with Crippen molar-refractivity contribution in [3.63, 3.8) is 0 Å². The largest absolute Gasteiger partial charge is 0.309 e. The van der Waals surface area contributed by atoms with Crippen LogP contribution in [0, 0.1) is 0 Å². The molecule has 1 unspecified atom stereocenters. The van der Waals surface area contributed by atoms with E-state index in [-0.39, 0.29) is 6.04 Å². The standard InChI is InChI=1S/C16H19N5/c1-3-17-15(10-16-18-11-19-21(16)2)14-9-8-12-6-4-5-7-13(12)20-14/h4-9,11,15,17H,3,10H2,1-2H3. The average molecular weight is 281 g/mol. The smallest absolute Gasteiger partial charge is 0.138 e. The van der Waals surface area contributed by atoms with E-state index in [1.54, 1.807) is 6.33 Å². The van der Waals surface area contributed by atoms with Crippen molar-refractivity contribution in [2.75, 3.05) is 6.54 Å². The summed E-state index contributed by atoms with van der Waals surface area (Å²) in [5.74, 6) is 0.955. The summed E-state index contributed by atoms with van der Waals surface area (Å²) in [6.45, 7) is 2.99. The molecule has 0 bridgehead atoms. The number of nitrogens with zero attached hydrogens (tertiary/aromatic N) is 4. The highest BCUT2D eigenvalue weighted by Crippen LogP contribution is 2.19. The molecule has 2 heterocycles. The second kappa shape index (κ2) is 6.01. The Morgan fingerprint density at radius 3 is 2.81 bits per heavy atom. The number of aryl methyl sites for hydroxylation is 1. The highest BCUT2D eigenvalue weighted by Gasteiger charge is 2.15. The van der Waals surface area contributed by atoms with Crippen LogP contribution < -0.4 is 5.32 Å². The molecule has 1 atom stereocenters. The summed E-state index contributed by atoms with van der Waals surface area (Å²) in [5.41, 5.74) is 2.06. The highest BCUT2D eigenvalue weighted by atomic mass is 15.3. The number of pyridine rings is 1. The fourth-order valence-corrected chi connectivity index (χ4v) is 2.49. The van der Waals surface area contributed by atoms with Gasteiger partial charge in [-0.1, -0.05) is 31.2 Å². The maximum atomic E-state index is 4.78. The van der Waals surface area contributed by atoms with Gasteiger partial charge in [0, 0.05) is 18.9 Å². The molecule has 3 rings (SSSR count). The Morgan fingerprint density at radius 2 is 2.05 bits per heavy atom. The molecule has 0 radical (unpaired) electrons. The third-order valence-electron chi connectivity index (χ3n) is 3.62. The fraction of sp³-hybridized carbons (Fsp3) is 0.312. The molecule has 0 aliphatic carbocycles. The molecule has 5 heteroatoms. The molecule has 0 fully saturated rings. The van der Waals surface area contributed by atoms with Crippen molar-refractivity contribution >= 4 is 10.9 Å². The molecule has 2 aromatic heterocycles. The van der Waals surface area contributed by atoms with Crippen LogP contribution in [0.3, 0.4) is 0 Å². The lowest BCUT2D eigenvalue weighted by atomic mass is 10.1. The number of hydrogen-bond donors (Lipinski definition) is 1. The van der Waals surface area contributed by atoms with E-state index in [0.29, 0.717) is 0 Å². The monoisotopic (exact) mass is 281 g/mol. The lowest BCUT2D eigenvalue weighted by molar-refractivity contribution is 0.512. The SMILES string of the molecule is CCNC(Cc1ncnn1C)c1ccc2ccccc2n1. The van der Waals surface area contributed by atoms with E-state index >= 15 is 0 Å². The Balaban J connectivity index is 1.93. The van der Waals surface area contributed by atoms with E-state index in [1.165, 1.54) is 0 Å². The first-order valence-electron chi connectivity index (χ1n) is 7.20. The number of para-hydroxylation sites is 1. The number of rotatable bonds is 5. The first-order valence-corrected chi connectivity index (χ1v) is 7.20. The first kappa shape index (κ1) is 13.7. The summed E-state index contributed by atoms with van der Waals surface area (Å²) in [5, 5.41) is 8.78. The molecule has 1 aromatic carbocycles. The normalized spacial score (nSPS) is 12.7. The maximum Gasteiger partial charge on any atom is 0.138 e. The van der Waals surface area contributed by atoms with Gasteiger partial charge in [0.15, 0.2) is 0 Å². The Labute approximate surface area is 124 Å². The Bertz CT molecular complexity index is 734. The zero-order valence-corrected chi connectivity index (χ0v) is 12.3. The van der Waals surface area contributed by atoms with Crippen molar-refractivity contribution in [1.29, 1.82) is 0 Å². The van der Waals surface area contributed by atoms with Gasteiger partial charge in [-0.3, -0.25) is 9.67 Å². The zero-order chi connectivity index (χ0) is 14.7. The van der Waals surface area contributed by atoms with Crippen molar-refractivity contribution in [3.8, 4) is 0 Å². The summed E-state index contributed by atoms with van der Waals surface area (Å²) in [7, 11) is 1.92. The van der Waals surface area contributed by atoms with Crippen molar-refractivity contribution < 1.29 is 0 Å². The van der Waals surface area contributed by atoms with Gasteiger partial charge in [0.25, 0.3) is 0 Å². The maximum absolute atomic E-state index is 4.78. The van der Waals surface area contributed by atoms with Crippen LogP contribution in [0.4, 0.5) is 0 Å². The lowest BCUT2D eigenvalue weighted by Gasteiger charge is -2.17. The molecule has 108 valence electrons. The van der Waals surface area contributed by atoms with Crippen LogP contribution in [-0.4, -0.2) is 26.3 Å². The van der Waals surface area contributed by atoms with Crippen molar-refractivity contribution in [1.82, 2.24) is 25.1 Å². The average Bonchev–Trinajstić information content (AvgIpc) is 2.91. The summed E-state index contributed by atoms with van der Waals surface area (Å²) < 4.78 is 1.81. The van der Waals surface area contributed by atoms with Gasteiger partial charge in [0.2, 0.25) is 0 Å². The number of hydrogen-bond acceptors (Lipinski definition) is 4. The van der Waals surface area contributed by atoms with Crippen molar-refractivity contribution in [3.05, 3.63) is 54.2 Å². The van der Waals surface area contributed by atoms with E-state index in [0.717, 1.165) is 35.4 Å². The molecule has 21 heavy (non-hydrogen) atoms. The second-order valence-corrected chi connectivity index (χ2v) is 5.04. The molecule has 5 nitrogen and oxygen atoms in total. The molecule has 0 saturated carbocycles. The van der Waals surface area contributed by atoms with Crippen LogP contribution in [0.1, 0.15) is 24.5 Å². The Morgan fingerprint density at radius 1 is 1.19 bits per heavy atom. The predicted molar refractivity (Wildman–Crippen MR) is 82.9 cm³/mol. The summed E-state index contributed by atoms with van der Waals surface area (Å²) in [6, 6.07) is 12.5. The fourth-order valence-electron chi connectivity index (χ4n) is 2.49. The first-order chi connectivity index (χ1) is 10.3. The topological polar surface area (TPSA) is 55.6 Å². The quantitative estimate of drug-likeness (QED) is 0.779. The zero-order valence-electron chi connectivity index (χ0n) is 12.3. The number of fused-ring (bicyclic) bond motifs is 1. The van der Waals surface area contributed by atoms with E-state index in [4.69, 9.17) is 4.98 Å². The molecule has 0 spiro atoms. The van der Waals surface area contributed by atoms with Crippen molar-refractivity contribution in [2.24, 2.45) is 7.05 Å². The third kappa shape index (κ3) is 2.92. The van der Waals surface area contributed by atoms with Crippen LogP contribution in [0.15, 0.2) is 42.7 Å². The summed E-state index contributed by atoms with van der Waals surface area (Å²) in [6.07, 6.45) is 2.36. The third-order valence-corrected chi connectivity index (χ3v) is 3.62. The number of aromatic nitrogens is 4. The molecular weight excluding hydrogens is 262 g/mol. The Kier molecular flexibility index (Phi) is 3.92. The minimum atomic E-state index is 0.141. The van der Waals surface area contributed by atoms with E-state index in [9.17, 15) is 0 Å². The summed E-state index contributed by atoms with van der Waals surface area (Å²) in [4.78, 5) is 9.09.